The molecule has 0 aliphatic heterocycles. The molecular formula is C14H13BN2O2S. The molecule has 2 heterocycles. The first-order valence-electron chi connectivity index (χ1n) is 6.35. The van der Waals surface area contributed by atoms with Crippen molar-refractivity contribution >= 4 is 34.4 Å². The second kappa shape index (κ2) is 4.63. The molecule has 6 heteroatoms. The van der Waals surface area contributed by atoms with E-state index in [0.29, 0.717) is 21.4 Å². The van der Waals surface area contributed by atoms with Crippen LogP contribution in [0.4, 0.5) is 0 Å². The monoisotopic (exact) mass is 284 g/mol. The van der Waals surface area contributed by atoms with E-state index in [2.05, 4.69) is 4.98 Å². The van der Waals surface area contributed by atoms with Crippen LogP contribution in [-0.2, 0) is 10.0 Å². The fourth-order valence-electron chi connectivity index (χ4n) is 2.32. The quantitative estimate of drug-likeness (QED) is 0.785. The maximum Gasteiger partial charge on any atom is 0.269 e. The highest BCUT2D eigenvalue weighted by molar-refractivity contribution is 7.94. The molecule has 1 aliphatic carbocycles. The van der Waals surface area contributed by atoms with E-state index in [1.807, 2.05) is 13.0 Å². The van der Waals surface area contributed by atoms with E-state index in [4.69, 9.17) is 7.85 Å². The van der Waals surface area contributed by atoms with Crippen LogP contribution >= 0.6 is 0 Å². The molecule has 0 saturated heterocycles. The average molecular weight is 284 g/mol. The number of aromatic nitrogens is 2. The minimum atomic E-state index is -3.62. The first-order chi connectivity index (χ1) is 9.50. The number of pyridine rings is 1. The Morgan fingerprint density at radius 1 is 1.40 bits per heavy atom. The molecule has 2 aromatic heterocycles. The lowest BCUT2D eigenvalue weighted by Gasteiger charge is -2.14. The summed E-state index contributed by atoms with van der Waals surface area (Å²) in [5.41, 5.74) is 0.878. The van der Waals surface area contributed by atoms with Crippen LogP contribution in [0.2, 0.25) is 0 Å². The summed E-state index contributed by atoms with van der Waals surface area (Å²) in [7, 11) is 2.21. The molecule has 1 aliphatic rings. The number of hydrogen-bond donors (Lipinski definition) is 0. The Morgan fingerprint density at radius 2 is 2.20 bits per heavy atom. The van der Waals surface area contributed by atoms with Gasteiger partial charge in [-0.05, 0) is 24.5 Å². The first kappa shape index (κ1) is 13.2. The molecule has 0 amide bonds. The molecule has 0 bridgehead atoms. The fourth-order valence-corrected chi connectivity index (χ4v) is 3.81. The number of allylic oxidation sites excluding steroid dienone is 3. The molecular weight excluding hydrogens is 271 g/mol. The lowest BCUT2D eigenvalue weighted by Crippen LogP contribution is -2.16. The molecule has 0 aromatic carbocycles. The van der Waals surface area contributed by atoms with Crippen LogP contribution in [0.3, 0.4) is 0 Å². The van der Waals surface area contributed by atoms with Gasteiger partial charge < -0.3 is 0 Å². The summed E-state index contributed by atoms with van der Waals surface area (Å²) < 4.78 is 26.6. The summed E-state index contributed by atoms with van der Waals surface area (Å²) in [6, 6.07) is 3.33. The largest absolute Gasteiger partial charge is 0.269 e. The maximum absolute atomic E-state index is 12.7. The maximum atomic E-state index is 12.7. The normalized spacial score (nSPS) is 19.2. The van der Waals surface area contributed by atoms with Crippen LogP contribution in [0.25, 0.3) is 11.0 Å². The standard InChI is InChI=1S/C14H13BN2O2S/c1-10-3-2-4-11(9-10)20(18,19)17-8-6-12-13(15)5-7-16-14(12)17/h2,4-10H,3H2,1H3. The number of rotatable bonds is 2. The zero-order valence-electron chi connectivity index (χ0n) is 11.0. The predicted octanol–water partition coefficient (Wildman–Crippen LogP) is 1.49. The molecule has 3 rings (SSSR count). The van der Waals surface area contributed by atoms with E-state index in [-0.39, 0.29) is 5.92 Å². The molecule has 20 heavy (non-hydrogen) atoms. The van der Waals surface area contributed by atoms with Gasteiger partial charge in [0.15, 0.2) is 5.65 Å². The molecule has 0 saturated carbocycles. The molecule has 4 nitrogen and oxygen atoms in total. The highest BCUT2D eigenvalue weighted by Gasteiger charge is 2.22. The average Bonchev–Trinajstić information content (AvgIpc) is 2.85. The van der Waals surface area contributed by atoms with Crippen molar-refractivity contribution in [2.75, 3.05) is 0 Å². The Labute approximate surface area is 119 Å². The summed E-state index contributed by atoms with van der Waals surface area (Å²) in [6.45, 7) is 1.99. The predicted molar refractivity (Wildman–Crippen MR) is 80.4 cm³/mol. The van der Waals surface area contributed by atoms with Crippen molar-refractivity contribution in [1.29, 1.82) is 0 Å². The minimum Gasteiger partial charge on any atom is -0.237 e. The zero-order valence-corrected chi connectivity index (χ0v) is 11.8. The van der Waals surface area contributed by atoms with E-state index in [1.54, 1.807) is 24.3 Å². The molecule has 0 fully saturated rings. The molecule has 2 radical (unpaired) electrons. The molecule has 2 aromatic rings. The Kier molecular flexibility index (Phi) is 3.05. The third-order valence-electron chi connectivity index (χ3n) is 3.38. The Hall–Kier alpha value is -1.82. The molecule has 0 spiro atoms. The van der Waals surface area contributed by atoms with Crippen LogP contribution in [0, 0.1) is 5.92 Å². The minimum absolute atomic E-state index is 0.213. The Bertz CT molecular complexity index is 834. The van der Waals surface area contributed by atoms with Crippen molar-refractivity contribution in [2.45, 2.75) is 13.3 Å². The third-order valence-corrected chi connectivity index (χ3v) is 5.06. The van der Waals surface area contributed by atoms with Crippen molar-refractivity contribution in [3.05, 3.63) is 47.7 Å². The summed E-state index contributed by atoms with van der Waals surface area (Å²) in [6.07, 6.45) is 9.16. The first-order valence-corrected chi connectivity index (χ1v) is 7.79. The van der Waals surface area contributed by atoms with E-state index >= 15 is 0 Å². The van der Waals surface area contributed by atoms with Gasteiger partial charge in [-0.3, -0.25) is 0 Å². The van der Waals surface area contributed by atoms with Gasteiger partial charge in [0.05, 0.1) is 4.91 Å². The lowest BCUT2D eigenvalue weighted by molar-refractivity contribution is 0.594. The summed E-state index contributed by atoms with van der Waals surface area (Å²) >= 11 is 0. The Balaban J connectivity index is 2.20. The second-order valence-corrected chi connectivity index (χ2v) is 6.75. The van der Waals surface area contributed by atoms with Gasteiger partial charge in [0.25, 0.3) is 10.0 Å². The van der Waals surface area contributed by atoms with E-state index in [0.717, 1.165) is 6.42 Å². The van der Waals surface area contributed by atoms with Gasteiger partial charge in [0.2, 0.25) is 0 Å². The fraction of sp³-hybridized carbons (Fsp3) is 0.214. The highest BCUT2D eigenvalue weighted by atomic mass is 32.2. The summed E-state index contributed by atoms with van der Waals surface area (Å²) in [4.78, 5) is 4.44. The van der Waals surface area contributed by atoms with Gasteiger partial charge in [0, 0.05) is 17.8 Å². The Morgan fingerprint density at radius 3 is 2.95 bits per heavy atom. The number of fused-ring (bicyclic) bond motifs is 1. The van der Waals surface area contributed by atoms with Gasteiger partial charge >= 0.3 is 0 Å². The van der Waals surface area contributed by atoms with E-state index < -0.39 is 10.0 Å². The van der Waals surface area contributed by atoms with Gasteiger partial charge in [-0.1, -0.05) is 30.6 Å². The zero-order chi connectivity index (χ0) is 14.3. The summed E-state index contributed by atoms with van der Waals surface area (Å²) in [5.74, 6) is 0.213. The number of hydrogen-bond acceptors (Lipinski definition) is 3. The molecule has 1 unspecified atom stereocenters. The second-order valence-electron chi connectivity index (χ2n) is 4.94. The molecule has 100 valence electrons. The third kappa shape index (κ3) is 2.00. The van der Waals surface area contributed by atoms with Crippen LogP contribution in [0.15, 0.2) is 47.7 Å². The van der Waals surface area contributed by atoms with Crippen molar-refractivity contribution in [2.24, 2.45) is 5.92 Å². The SMILES string of the molecule is [B]c1ccnc2c1ccn2S(=O)(=O)C1=CC(C)CC=C1. The van der Waals surface area contributed by atoms with Crippen LogP contribution in [-0.4, -0.2) is 25.2 Å². The smallest absolute Gasteiger partial charge is 0.237 e. The van der Waals surface area contributed by atoms with Crippen LogP contribution in [0.1, 0.15) is 13.3 Å². The van der Waals surface area contributed by atoms with E-state index in [1.165, 1.54) is 16.4 Å². The van der Waals surface area contributed by atoms with Crippen LogP contribution in [0.5, 0.6) is 0 Å². The topological polar surface area (TPSA) is 52.0 Å². The van der Waals surface area contributed by atoms with Crippen molar-refractivity contribution in [3.8, 4) is 0 Å². The van der Waals surface area contributed by atoms with Crippen molar-refractivity contribution in [3.63, 3.8) is 0 Å². The highest BCUT2D eigenvalue weighted by Crippen LogP contribution is 2.24. The van der Waals surface area contributed by atoms with Crippen LogP contribution < -0.4 is 5.46 Å². The van der Waals surface area contributed by atoms with Gasteiger partial charge in [0.1, 0.15) is 7.85 Å². The number of nitrogens with zero attached hydrogens (tertiary/aromatic N) is 2. The molecule has 0 N–H and O–H groups in total. The lowest BCUT2D eigenvalue weighted by atomic mass is 9.95. The van der Waals surface area contributed by atoms with Gasteiger partial charge in [-0.2, -0.15) is 0 Å². The molecule has 1 atom stereocenters. The summed E-state index contributed by atoms with van der Waals surface area (Å²) in [5, 5.41) is 0.643. The van der Waals surface area contributed by atoms with E-state index in [9.17, 15) is 8.42 Å². The van der Waals surface area contributed by atoms with Crippen molar-refractivity contribution < 1.29 is 8.42 Å². The van der Waals surface area contributed by atoms with Gasteiger partial charge in [-0.15, -0.1) is 0 Å². The van der Waals surface area contributed by atoms with Gasteiger partial charge in [-0.25, -0.2) is 17.4 Å². The van der Waals surface area contributed by atoms with Crippen molar-refractivity contribution in [1.82, 2.24) is 8.96 Å².